The molecule has 0 N–H and O–H groups in total. The molecule has 22 heavy (non-hydrogen) atoms. The largest absolute Gasteiger partial charge is 0.218 e. The lowest BCUT2D eigenvalue weighted by atomic mass is 10.1. The minimum atomic E-state index is -3.51. The van der Waals surface area contributed by atoms with Gasteiger partial charge in [0.05, 0.1) is 9.79 Å². The second-order valence-corrected chi connectivity index (χ2v) is 7.63. The first kappa shape index (κ1) is 14.8. The highest BCUT2D eigenvalue weighted by Crippen LogP contribution is 2.29. The first-order valence-electron chi connectivity index (χ1n) is 7.21. The normalized spacial score (nSPS) is 11.8. The minimum Gasteiger partial charge on any atom is -0.218 e. The first-order valence-corrected chi connectivity index (χ1v) is 8.69. The van der Waals surface area contributed by atoms with Gasteiger partial charge in [0.1, 0.15) is 0 Å². The van der Waals surface area contributed by atoms with E-state index in [0.29, 0.717) is 9.79 Å². The van der Waals surface area contributed by atoms with E-state index in [1.807, 2.05) is 63.2 Å². The predicted octanol–water partition coefficient (Wildman–Crippen LogP) is 4.60. The molecule has 0 aliphatic rings. The van der Waals surface area contributed by atoms with Crippen LogP contribution in [-0.2, 0) is 9.84 Å². The van der Waals surface area contributed by atoms with Crippen LogP contribution >= 0.6 is 0 Å². The van der Waals surface area contributed by atoms with E-state index < -0.39 is 9.84 Å². The van der Waals surface area contributed by atoms with E-state index in [-0.39, 0.29) is 0 Å². The molecule has 0 aliphatic heterocycles. The van der Waals surface area contributed by atoms with Crippen molar-refractivity contribution in [3.05, 3.63) is 71.3 Å². The van der Waals surface area contributed by atoms with Crippen LogP contribution in [0.15, 0.2) is 64.4 Å². The van der Waals surface area contributed by atoms with E-state index in [1.165, 1.54) is 0 Å². The summed E-state index contributed by atoms with van der Waals surface area (Å²) in [5, 5.41) is 1.98. The van der Waals surface area contributed by atoms with Crippen LogP contribution in [0.1, 0.15) is 16.7 Å². The van der Waals surface area contributed by atoms with Crippen LogP contribution < -0.4 is 0 Å². The second kappa shape index (κ2) is 5.25. The minimum absolute atomic E-state index is 0.348. The quantitative estimate of drug-likeness (QED) is 0.693. The number of fused-ring (bicyclic) bond motifs is 1. The molecule has 0 radical (unpaired) electrons. The molecule has 0 unspecified atom stereocenters. The van der Waals surface area contributed by atoms with Crippen molar-refractivity contribution in [3.8, 4) is 0 Å². The topological polar surface area (TPSA) is 34.1 Å². The van der Waals surface area contributed by atoms with Crippen molar-refractivity contribution in [1.29, 1.82) is 0 Å². The van der Waals surface area contributed by atoms with Gasteiger partial charge in [0.15, 0.2) is 0 Å². The van der Waals surface area contributed by atoms with E-state index in [4.69, 9.17) is 0 Å². The lowest BCUT2D eigenvalue weighted by Crippen LogP contribution is -2.07. The van der Waals surface area contributed by atoms with Gasteiger partial charge in [0.2, 0.25) is 9.84 Å². The summed E-state index contributed by atoms with van der Waals surface area (Å²) >= 11 is 0. The third kappa shape index (κ3) is 2.42. The summed E-state index contributed by atoms with van der Waals surface area (Å²) in [6, 6.07) is 16.9. The van der Waals surface area contributed by atoms with Gasteiger partial charge in [-0.25, -0.2) is 8.42 Å². The molecule has 0 amide bonds. The first-order chi connectivity index (χ1) is 10.4. The molecule has 0 spiro atoms. The van der Waals surface area contributed by atoms with Gasteiger partial charge < -0.3 is 0 Å². The summed E-state index contributed by atoms with van der Waals surface area (Å²) in [5.74, 6) is 0. The Labute approximate surface area is 131 Å². The molecule has 3 aromatic rings. The second-order valence-electron chi connectivity index (χ2n) is 5.74. The van der Waals surface area contributed by atoms with Crippen LogP contribution in [0.2, 0.25) is 0 Å². The summed E-state index contributed by atoms with van der Waals surface area (Å²) in [5.41, 5.74) is 2.67. The maximum atomic E-state index is 13.0. The van der Waals surface area contributed by atoms with Gasteiger partial charge in [-0.3, -0.25) is 0 Å². The molecule has 0 saturated carbocycles. The molecular weight excluding hydrogens is 292 g/mol. The van der Waals surface area contributed by atoms with Crippen LogP contribution in [0.4, 0.5) is 0 Å². The van der Waals surface area contributed by atoms with Crippen molar-refractivity contribution in [2.45, 2.75) is 30.6 Å². The number of aryl methyl sites for hydroxylation is 3. The molecule has 0 atom stereocenters. The summed E-state index contributed by atoms with van der Waals surface area (Å²) in [6.45, 7) is 5.69. The molecule has 0 saturated heterocycles. The van der Waals surface area contributed by atoms with Gasteiger partial charge in [0, 0.05) is 0 Å². The maximum absolute atomic E-state index is 13.0. The van der Waals surface area contributed by atoms with E-state index in [0.717, 1.165) is 27.5 Å². The predicted molar refractivity (Wildman–Crippen MR) is 90.1 cm³/mol. The van der Waals surface area contributed by atoms with Gasteiger partial charge in [-0.2, -0.15) is 0 Å². The highest BCUT2D eigenvalue weighted by Gasteiger charge is 2.22. The number of sulfone groups is 1. The molecule has 0 bridgehead atoms. The highest BCUT2D eigenvalue weighted by molar-refractivity contribution is 7.91. The average Bonchev–Trinajstić information content (AvgIpc) is 2.45. The Hall–Kier alpha value is -2.13. The molecule has 2 nitrogen and oxygen atoms in total. The molecule has 0 heterocycles. The Morgan fingerprint density at radius 3 is 1.95 bits per heavy atom. The Balaban J connectivity index is 2.24. The Morgan fingerprint density at radius 2 is 1.32 bits per heavy atom. The average molecular weight is 310 g/mol. The zero-order valence-corrected chi connectivity index (χ0v) is 13.7. The van der Waals surface area contributed by atoms with Crippen molar-refractivity contribution in [3.63, 3.8) is 0 Å². The molecule has 0 aromatic heterocycles. The van der Waals surface area contributed by atoms with Crippen LogP contribution in [0.25, 0.3) is 10.8 Å². The zero-order valence-electron chi connectivity index (χ0n) is 12.9. The van der Waals surface area contributed by atoms with Gasteiger partial charge >= 0.3 is 0 Å². The zero-order chi connectivity index (χ0) is 15.9. The van der Waals surface area contributed by atoms with Crippen molar-refractivity contribution >= 4 is 20.6 Å². The fourth-order valence-corrected chi connectivity index (χ4v) is 4.77. The Morgan fingerprint density at radius 1 is 0.727 bits per heavy atom. The van der Waals surface area contributed by atoms with Crippen molar-refractivity contribution in [1.82, 2.24) is 0 Å². The van der Waals surface area contributed by atoms with Crippen molar-refractivity contribution in [2.24, 2.45) is 0 Å². The van der Waals surface area contributed by atoms with Gasteiger partial charge in [-0.15, -0.1) is 0 Å². The van der Waals surface area contributed by atoms with E-state index in [2.05, 4.69) is 0 Å². The molecule has 3 aromatic carbocycles. The lowest BCUT2D eigenvalue weighted by Gasteiger charge is -2.13. The maximum Gasteiger partial charge on any atom is 0.207 e. The number of benzene rings is 3. The molecule has 3 heteroatoms. The molecule has 0 fully saturated rings. The molecule has 3 rings (SSSR count). The lowest BCUT2D eigenvalue weighted by molar-refractivity contribution is 0.595. The van der Waals surface area contributed by atoms with E-state index >= 15 is 0 Å². The Bertz CT molecular complexity index is 947. The van der Waals surface area contributed by atoms with Crippen LogP contribution in [-0.4, -0.2) is 8.42 Å². The number of rotatable bonds is 2. The van der Waals surface area contributed by atoms with Gasteiger partial charge in [0.25, 0.3) is 0 Å². The van der Waals surface area contributed by atoms with Crippen molar-refractivity contribution in [2.75, 3.05) is 0 Å². The Kier molecular flexibility index (Phi) is 3.53. The van der Waals surface area contributed by atoms with E-state index in [9.17, 15) is 8.42 Å². The third-order valence-corrected chi connectivity index (χ3v) is 5.96. The molecule has 112 valence electrons. The standard InChI is InChI=1S/C19H18O2S/c1-13-10-14(2)19(15(3)11-13)22(20,21)18-9-8-16-6-4-5-7-17(16)12-18/h4-12H,1-3H3. The number of hydrogen-bond acceptors (Lipinski definition) is 2. The summed E-state index contributed by atoms with van der Waals surface area (Å²) in [4.78, 5) is 0.773. The highest BCUT2D eigenvalue weighted by atomic mass is 32.2. The van der Waals surface area contributed by atoms with Crippen LogP contribution in [0.5, 0.6) is 0 Å². The van der Waals surface area contributed by atoms with Crippen molar-refractivity contribution < 1.29 is 8.42 Å². The molecule has 0 aliphatic carbocycles. The van der Waals surface area contributed by atoms with E-state index in [1.54, 1.807) is 12.1 Å². The van der Waals surface area contributed by atoms with Crippen LogP contribution in [0, 0.1) is 20.8 Å². The molecular formula is C19H18O2S. The van der Waals surface area contributed by atoms with Gasteiger partial charge in [-0.1, -0.05) is 48.0 Å². The summed E-state index contributed by atoms with van der Waals surface area (Å²) in [7, 11) is -3.51. The fraction of sp³-hybridized carbons (Fsp3) is 0.158. The summed E-state index contributed by atoms with van der Waals surface area (Å²) in [6.07, 6.45) is 0. The number of hydrogen-bond donors (Lipinski definition) is 0. The third-order valence-electron chi connectivity index (χ3n) is 3.90. The van der Waals surface area contributed by atoms with Gasteiger partial charge in [-0.05, 0) is 54.8 Å². The fourth-order valence-electron chi connectivity index (χ4n) is 3.04. The smallest absolute Gasteiger partial charge is 0.207 e. The SMILES string of the molecule is Cc1cc(C)c(S(=O)(=O)c2ccc3ccccc3c2)c(C)c1. The monoisotopic (exact) mass is 310 g/mol. The summed E-state index contributed by atoms with van der Waals surface area (Å²) < 4.78 is 26.1. The van der Waals surface area contributed by atoms with Crippen LogP contribution in [0.3, 0.4) is 0 Å².